The average molecular weight is 270 g/mol. The van der Waals surface area contributed by atoms with Crippen LogP contribution in [0.3, 0.4) is 0 Å². The Morgan fingerprint density at radius 2 is 2.10 bits per heavy atom. The molecule has 2 atom stereocenters. The summed E-state index contributed by atoms with van der Waals surface area (Å²) >= 11 is 0. The zero-order valence-corrected chi connectivity index (χ0v) is 12.6. The lowest BCUT2D eigenvalue weighted by Gasteiger charge is -2.52. The molecule has 1 heterocycles. The van der Waals surface area contributed by atoms with E-state index in [1.54, 1.807) is 6.07 Å². The largest absolute Gasteiger partial charge is 0.325 e. The second-order valence-corrected chi connectivity index (χ2v) is 6.72. The van der Waals surface area contributed by atoms with Gasteiger partial charge in [-0.05, 0) is 37.5 Å². The Labute approximate surface area is 119 Å². The van der Waals surface area contributed by atoms with Crippen LogP contribution >= 0.6 is 0 Å². The Kier molecular flexibility index (Phi) is 2.64. The molecule has 2 bridgehead atoms. The van der Waals surface area contributed by atoms with Crippen molar-refractivity contribution in [3.63, 3.8) is 0 Å². The van der Waals surface area contributed by atoms with Crippen LogP contribution in [-0.2, 0) is 11.0 Å². The number of allylic oxidation sites excluding steroid dienone is 2. The van der Waals surface area contributed by atoms with Crippen molar-refractivity contribution in [2.24, 2.45) is 11.7 Å². The summed E-state index contributed by atoms with van der Waals surface area (Å²) in [7, 11) is 0. The number of nitrogens with one attached hydrogen (secondary N) is 1. The van der Waals surface area contributed by atoms with E-state index in [2.05, 4.69) is 44.8 Å². The lowest BCUT2D eigenvalue weighted by Crippen LogP contribution is -2.54. The van der Waals surface area contributed by atoms with Gasteiger partial charge in [0.1, 0.15) is 0 Å². The molecule has 3 N–H and O–H groups in total. The van der Waals surface area contributed by atoms with Crippen LogP contribution in [0.2, 0.25) is 0 Å². The smallest absolute Gasteiger partial charge is 0.248 e. The van der Waals surface area contributed by atoms with Gasteiger partial charge in [-0.2, -0.15) is 0 Å². The molecule has 2 aliphatic carbocycles. The third kappa shape index (κ3) is 1.53. The zero-order valence-electron chi connectivity index (χ0n) is 12.6. The van der Waals surface area contributed by atoms with E-state index in [1.165, 1.54) is 11.1 Å². The minimum Gasteiger partial charge on any atom is -0.325 e. The first-order valence-corrected chi connectivity index (χ1v) is 7.18. The highest BCUT2D eigenvalue weighted by Gasteiger charge is 2.51. The zero-order chi connectivity index (χ0) is 14.7. The normalized spacial score (nSPS) is 32.8. The molecule has 0 fully saturated rings. The minimum atomic E-state index is -0.479. The summed E-state index contributed by atoms with van der Waals surface area (Å²) in [6, 6.07) is 3.50. The maximum absolute atomic E-state index is 11.7. The number of hydrogen-bond donors (Lipinski definition) is 2. The van der Waals surface area contributed by atoms with Crippen LogP contribution in [0.5, 0.6) is 0 Å². The molecular formula is C17H22N2O. The fraction of sp³-hybridized carbons (Fsp3) is 0.471. The summed E-state index contributed by atoms with van der Waals surface area (Å²) in [6.45, 7) is 8.58. The van der Waals surface area contributed by atoms with Gasteiger partial charge in [0.15, 0.2) is 0 Å². The van der Waals surface area contributed by atoms with Crippen LogP contribution in [0.25, 0.3) is 0 Å². The monoisotopic (exact) mass is 270 g/mol. The van der Waals surface area contributed by atoms with Crippen molar-refractivity contribution in [3.05, 3.63) is 57.0 Å². The van der Waals surface area contributed by atoms with Gasteiger partial charge in [0.05, 0.1) is 5.54 Å². The predicted octanol–water partition coefficient (Wildman–Crippen LogP) is 2.73. The number of nitrogens with two attached hydrogens (primary N) is 1. The number of hydrogen-bond acceptors (Lipinski definition) is 2. The maximum Gasteiger partial charge on any atom is 0.248 e. The van der Waals surface area contributed by atoms with Gasteiger partial charge in [0.25, 0.3) is 0 Å². The third-order valence-corrected chi connectivity index (χ3v) is 4.99. The first-order valence-electron chi connectivity index (χ1n) is 7.18. The van der Waals surface area contributed by atoms with E-state index in [0.29, 0.717) is 0 Å². The lowest BCUT2D eigenvalue weighted by atomic mass is 9.55. The standard InChI is InChI=1S/C17H22N2O/c1-5-11-13-8-10(2)9-17(11,18)12-6-7-14(20)19-15(12)16(13,3)4/h5-8,13H,9,18H2,1-4H3,(H,19,20)/b11-5+/t13-,17+/m0/s1. The van der Waals surface area contributed by atoms with Gasteiger partial charge >= 0.3 is 0 Å². The molecular weight excluding hydrogens is 248 g/mol. The highest BCUT2D eigenvalue weighted by atomic mass is 16.1. The van der Waals surface area contributed by atoms with E-state index in [4.69, 9.17) is 5.73 Å². The first-order chi connectivity index (χ1) is 9.30. The fourth-order valence-electron chi connectivity index (χ4n) is 4.05. The molecule has 0 saturated carbocycles. The summed E-state index contributed by atoms with van der Waals surface area (Å²) in [5, 5.41) is 0. The highest BCUT2D eigenvalue weighted by molar-refractivity contribution is 5.53. The van der Waals surface area contributed by atoms with Crippen molar-refractivity contribution in [2.45, 2.75) is 45.1 Å². The summed E-state index contributed by atoms with van der Waals surface area (Å²) in [6.07, 6.45) is 5.29. The second kappa shape index (κ2) is 3.95. The van der Waals surface area contributed by atoms with E-state index in [1.807, 2.05) is 6.07 Å². The Morgan fingerprint density at radius 1 is 1.40 bits per heavy atom. The molecule has 3 rings (SSSR count). The topological polar surface area (TPSA) is 58.9 Å². The van der Waals surface area contributed by atoms with Crippen molar-refractivity contribution < 1.29 is 0 Å². The van der Waals surface area contributed by atoms with Crippen molar-refractivity contribution in [3.8, 4) is 0 Å². The summed E-state index contributed by atoms with van der Waals surface area (Å²) < 4.78 is 0. The lowest BCUT2D eigenvalue weighted by molar-refractivity contribution is 0.298. The molecule has 3 heteroatoms. The van der Waals surface area contributed by atoms with E-state index in [0.717, 1.165) is 17.7 Å². The van der Waals surface area contributed by atoms with Gasteiger partial charge in [-0.3, -0.25) is 4.79 Å². The van der Waals surface area contributed by atoms with Crippen molar-refractivity contribution in [1.29, 1.82) is 0 Å². The van der Waals surface area contributed by atoms with Crippen LogP contribution in [0.1, 0.15) is 45.4 Å². The van der Waals surface area contributed by atoms with E-state index < -0.39 is 5.54 Å². The van der Waals surface area contributed by atoms with E-state index >= 15 is 0 Å². The van der Waals surface area contributed by atoms with Gasteiger partial charge in [0, 0.05) is 23.1 Å². The van der Waals surface area contributed by atoms with Gasteiger partial charge < -0.3 is 10.7 Å². The average Bonchev–Trinajstić information content (AvgIpc) is 2.36. The Hall–Kier alpha value is -1.61. The van der Waals surface area contributed by atoms with Gasteiger partial charge in [0.2, 0.25) is 5.56 Å². The summed E-state index contributed by atoms with van der Waals surface area (Å²) in [4.78, 5) is 14.8. The molecule has 0 saturated heterocycles. The van der Waals surface area contributed by atoms with Crippen LogP contribution in [0, 0.1) is 5.92 Å². The van der Waals surface area contributed by atoms with Gasteiger partial charge in [-0.25, -0.2) is 0 Å². The SMILES string of the molecule is C/C=C1\[C@@H]2C=C(C)C[C@]1(N)c1ccc(=O)[nH]c1C2(C)C. The van der Waals surface area contributed by atoms with Gasteiger partial charge in [-0.1, -0.05) is 31.6 Å². The summed E-state index contributed by atoms with van der Waals surface area (Å²) in [5.41, 5.74) is 10.8. The molecule has 1 aromatic heterocycles. The minimum absolute atomic E-state index is 0.0527. The second-order valence-electron chi connectivity index (χ2n) is 6.72. The van der Waals surface area contributed by atoms with Crippen molar-refractivity contribution in [2.75, 3.05) is 0 Å². The number of fused-ring (bicyclic) bond motifs is 4. The Balaban J connectivity index is 2.41. The summed E-state index contributed by atoms with van der Waals surface area (Å²) in [5.74, 6) is 0.247. The number of aromatic nitrogens is 1. The molecule has 0 aliphatic heterocycles. The van der Waals surface area contributed by atoms with E-state index in [-0.39, 0.29) is 16.9 Å². The molecule has 0 amide bonds. The third-order valence-electron chi connectivity index (χ3n) is 4.99. The molecule has 1 aromatic rings. The van der Waals surface area contributed by atoms with Crippen LogP contribution in [0.4, 0.5) is 0 Å². The Morgan fingerprint density at radius 3 is 2.75 bits per heavy atom. The molecule has 2 aliphatic rings. The first kappa shape index (κ1) is 13.4. The number of rotatable bonds is 0. The molecule has 0 aromatic carbocycles. The number of pyridine rings is 1. The Bertz CT molecular complexity index is 693. The van der Waals surface area contributed by atoms with Crippen LogP contribution in [-0.4, -0.2) is 4.98 Å². The van der Waals surface area contributed by atoms with E-state index in [9.17, 15) is 4.79 Å². The van der Waals surface area contributed by atoms with Crippen LogP contribution < -0.4 is 11.3 Å². The highest BCUT2D eigenvalue weighted by Crippen LogP contribution is 2.54. The quantitative estimate of drug-likeness (QED) is 0.712. The molecule has 20 heavy (non-hydrogen) atoms. The predicted molar refractivity (Wildman–Crippen MR) is 81.6 cm³/mol. The molecule has 0 radical (unpaired) electrons. The molecule has 0 spiro atoms. The van der Waals surface area contributed by atoms with Crippen molar-refractivity contribution in [1.82, 2.24) is 4.98 Å². The van der Waals surface area contributed by atoms with Gasteiger partial charge in [-0.15, -0.1) is 0 Å². The van der Waals surface area contributed by atoms with Crippen molar-refractivity contribution >= 4 is 0 Å². The molecule has 3 nitrogen and oxygen atoms in total. The molecule has 0 unspecified atom stereocenters. The van der Waals surface area contributed by atoms with Crippen LogP contribution in [0.15, 0.2) is 40.2 Å². The maximum atomic E-state index is 11.7. The number of aromatic amines is 1. The molecule has 106 valence electrons. The fourth-order valence-corrected chi connectivity index (χ4v) is 4.05. The number of H-pyrrole nitrogens is 1.